The van der Waals surface area contributed by atoms with Crippen LogP contribution in [-0.2, 0) is 10.0 Å². The number of hydrogen-bond acceptors (Lipinski definition) is 8. The summed E-state index contributed by atoms with van der Waals surface area (Å²) in [6.45, 7) is 5.11. The monoisotopic (exact) mass is 395 g/mol. The highest BCUT2D eigenvalue weighted by molar-refractivity contribution is 7.89. The fourth-order valence-electron chi connectivity index (χ4n) is 2.34. The van der Waals surface area contributed by atoms with E-state index in [-0.39, 0.29) is 11.4 Å². The predicted octanol–water partition coefficient (Wildman–Crippen LogP) is 1.62. The van der Waals surface area contributed by atoms with Crippen LogP contribution in [0.5, 0.6) is 11.5 Å². The highest BCUT2D eigenvalue weighted by Crippen LogP contribution is 2.29. The molecule has 0 aliphatic carbocycles. The first kappa shape index (κ1) is 20.7. The molecule has 0 atom stereocenters. The van der Waals surface area contributed by atoms with Gasteiger partial charge in [-0.1, -0.05) is 0 Å². The third-order valence-corrected chi connectivity index (χ3v) is 5.04. The van der Waals surface area contributed by atoms with Crippen LogP contribution < -0.4 is 24.8 Å². The lowest BCUT2D eigenvalue weighted by Gasteiger charge is -2.12. The number of anilines is 2. The molecule has 10 heteroatoms. The summed E-state index contributed by atoms with van der Waals surface area (Å²) in [4.78, 5) is 8.69. The van der Waals surface area contributed by atoms with Gasteiger partial charge < -0.3 is 20.1 Å². The summed E-state index contributed by atoms with van der Waals surface area (Å²) in [6, 6.07) is 6.24. The van der Waals surface area contributed by atoms with Crippen LogP contribution in [0.2, 0.25) is 0 Å². The third-order valence-electron chi connectivity index (χ3n) is 3.58. The number of aryl methyl sites for hydroxylation is 1. The summed E-state index contributed by atoms with van der Waals surface area (Å²) in [5, 5.41) is 6.14. The highest BCUT2D eigenvalue weighted by Gasteiger charge is 2.16. The second-order valence-corrected chi connectivity index (χ2v) is 7.36. The first-order valence-corrected chi connectivity index (χ1v) is 9.93. The molecular weight excluding hydrogens is 370 g/mol. The van der Waals surface area contributed by atoms with E-state index in [1.165, 1.54) is 26.4 Å². The number of nitrogens with zero attached hydrogens (tertiary/aromatic N) is 2. The molecule has 0 bridgehead atoms. The van der Waals surface area contributed by atoms with Gasteiger partial charge in [-0.05, 0) is 26.0 Å². The molecule has 0 fully saturated rings. The van der Waals surface area contributed by atoms with Gasteiger partial charge in [-0.3, -0.25) is 0 Å². The van der Waals surface area contributed by atoms with Crippen molar-refractivity contribution in [3.8, 4) is 11.5 Å². The normalized spacial score (nSPS) is 11.1. The van der Waals surface area contributed by atoms with Crippen molar-refractivity contribution < 1.29 is 17.9 Å². The average molecular weight is 395 g/mol. The van der Waals surface area contributed by atoms with Crippen molar-refractivity contribution in [2.24, 2.45) is 0 Å². The number of aromatic nitrogens is 2. The molecule has 2 rings (SSSR count). The van der Waals surface area contributed by atoms with E-state index in [9.17, 15) is 8.42 Å². The lowest BCUT2D eigenvalue weighted by atomic mass is 10.3. The standard InChI is InChI=1S/C17H25N5O4S/c1-5-18-17-21-12(2)10-16(22-17)19-8-9-20-27(23,24)13-6-7-14(25-3)15(11-13)26-4/h6-7,10-11,20H,5,8-9H2,1-4H3,(H2,18,19,21,22). The van der Waals surface area contributed by atoms with E-state index in [2.05, 4.69) is 25.3 Å². The van der Waals surface area contributed by atoms with E-state index in [1.807, 2.05) is 13.8 Å². The second kappa shape index (κ2) is 9.38. The van der Waals surface area contributed by atoms with Crippen LogP contribution in [0.1, 0.15) is 12.6 Å². The molecule has 148 valence electrons. The predicted molar refractivity (Wildman–Crippen MR) is 104 cm³/mol. The van der Waals surface area contributed by atoms with Gasteiger partial charge in [0.05, 0.1) is 19.1 Å². The number of ether oxygens (including phenoxy) is 2. The summed E-state index contributed by atoms with van der Waals surface area (Å²) >= 11 is 0. The van der Waals surface area contributed by atoms with Crippen molar-refractivity contribution in [3.05, 3.63) is 30.0 Å². The molecule has 0 aliphatic rings. The Balaban J connectivity index is 1.96. The lowest BCUT2D eigenvalue weighted by Crippen LogP contribution is -2.29. The van der Waals surface area contributed by atoms with E-state index in [0.29, 0.717) is 36.4 Å². The zero-order valence-corrected chi connectivity index (χ0v) is 16.7. The van der Waals surface area contributed by atoms with Gasteiger partial charge in [-0.2, -0.15) is 4.98 Å². The Bertz CT molecular complexity index is 874. The van der Waals surface area contributed by atoms with E-state index in [0.717, 1.165) is 5.69 Å². The van der Waals surface area contributed by atoms with Crippen LogP contribution in [0, 0.1) is 6.92 Å². The van der Waals surface area contributed by atoms with Crippen LogP contribution in [0.4, 0.5) is 11.8 Å². The van der Waals surface area contributed by atoms with Crippen LogP contribution in [-0.4, -0.2) is 52.2 Å². The molecule has 0 amide bonds. The minimum atomic E-state index is -3.67. The zero-order chi connectivity index (χ0) is 19.9. The summed E-state index contributed by atoms with van der Waals surface area (Å²) in [5.41, 5.74) is 0.814. The molecule has 2 aromatic rings. The molecule has 1 aromatic heterocycles. The Kier molecular flexibility index (Phi) is 7.19. The van der Waals surface area contributed by atoms with Crippen molar-refractivity contribution >= 4 is 21.8 Å². The minimum absolute atomic E-state index is 0.104. The summed E-state index contributed by atoms with van der Waals surface area (Å²) in [7, 11) is -0.720. The minimum Gasteiger partial charge on any atom is -0.493 e. The first-order chi connectivity index (χ1) is 12.9. The third kappa shape index (κ3) is 5.69. The average Bonchev–Trinajstić information content (AvgIpc) is 2.64. The number of rotatable bonds is 10. The molecule has 0 saturated heterocycles. The fraction of sp³-hybridized carbons (Fsp3) is 0.412. The Hall–Kier alpha value is -2.59. The summed E-state index contributed by atoms with van der Waals surface area (Å²) < 4.78 is 37.7. The second-order valence-electron chi connectivity index (χ2n) is 5.59. The molecule has 0 unspecified atom stereocenters. The van der Waals surface area contributed by atoms with Gasteiger partial charge in [0.2, 0.25) is 16.0 Å². The molecular formula is C17H25N5O4S. The number of hydrogen-bond donors (Lipinski definition) is 3. The van der Waals surface area contributed by atoms with Gasteiger partial charge in [0.1, 0.15) is 5.82 Å². The first-order valence-electron chi connectivity index (χ1n) is 8.44. The Morgan fingerprint density at radius 1 is 1.00 bits per heavy atom. The van der Waals surface area contributed by atoms with Gasteiger partial charge in [0.25, 0.3) is 0 Å². The van der Waals surface area contributed by atoms with Crippen LogP contribution >= 0.6 is 0 Å². The summed E-state index contributed by atoms with van der Waals surface area (Å²) in [6.07, 6.45) is 0. The number of methoxy groups -OCH3 is 2. The Morgan fingerprint density at radius 3 is 2.41 bits per heavy atom. The number of nitrogens with one attached hydrogen (secondary N) is 3. The maximum Gasteiger partial charge on any atom is 0.240 e. The van der Waals surface area contributed by atoms with Crippen molar-refractivity contribution in [2.45, 2.75) is 18.7 Å². The van der Waals surface area contributed by atoms with E-state index >= 15 is 0 Å². The van der Waals surface area contributed by atoms with E-state index in [1.54, 1.807) is 12.1 Å². The number of sulfonamides is 1. The molecule has 0 aliphatic heterocycles. The summed E-state index contributed by atoms with van der Waals surface area (Å²) in [5.74, 6) is 1.98. The van der Waals surface area contributed by atoms with Crippen LogP contribution in [0.25, 0.3) is 0 Å². The SMILES string of the molecule is CCNc1nc(C)cc(NCCNS(=O)(=O)c2ccc(OC)c(OC)c2)n1. The van der Waals surface area contributed by atoms with Gasteiger partial charge in [-0.25, -0.2) is 18.1 Å². The van der Waals surface area contributed by atoms with Crippen molar-refractivity contribution in [2.75, 3.05) is 44.5 Å². The zero-order valence-electron chi connectivity index (χ0n) is 15.9. The van der Waals surface area contributed by atoms with Crippen LogP contribution in [0.3, 0.4) is 0 Å². The largest absolute Gasteiger partial charge is 0.493 e. The van der Waals surface area contributed by atoms with E-state index < -0.39 is 10.0 Å². The van der Waals surface area contributed by atoms with Crippen molar-refractivity contribution in [1.82, 2.24) is 14.7 Å². The molecule has 0 saturated carbocycles. The van der Waals surface area contributed by atoms with Gasteiger partial charge in [0.15, 0.2) is 11.5 Å². The molecule has 1 aromatic carbocycles. The molecule has 3 N–H and O–H groups in total. The topological polar surface area (TPSA) is 114 Å². The fourth-order valence-corrected chi connectivity index (χ4v) is 3.39. The van der Waals surface area contributed by atoms with Gasteiger partial charge in [0, 0.05) is 37.5 Å². The quantitative estimate of drug-likeness (QED) is 0.520. The molecule has 0 radical (unpaired) electrons. The molecule has 9 nitrogen and oxygen atoms in total. The van der Waals surface area contributed by atoms with Crippen molar-refractivity contribution in [1.29, 1.82) is 0 Å². The highest BCUT2D eigenvalue weighted by atomic mass is 32.2. The Morgan fingerprint density at radius 2 is 1.74 bits per heavy atom. The number of benzene rings is 1. The molecule has 27 heavy (non-hydrogen) atoms. The van der Waals surface area contributed by atoms with E-state index in [4.69, 9.17) is 9.47 Å². The van der Waals surface area contributed by atoms with Crippen LogP contribution in [0.15, 0.2) is 29.2 Å². The maximum atomic E-state index is 12.4. The lowest BCUT2D eigenvalue weighted by molar-refractivity contribution is 0.354. The van der Waals surface area contributed by atoms with Crippen molar-refractivity contribution in [3.63, 3.8) is 0 Å². The van der Waals surface area contributed by atoms with Gasteiger partial charge in [-0.15, -0.1) is 0 Å². The molecule has 1 heterocycles. The smallest absolute Gasteiger partial charge is 0.240 e. The van der Waals surface area contributed by atoms with Gasteiger partial charge >= 0.3 is 0 Å². The molecule has 0 spiro atoms. The Labute approximate surface area is 159 Å². The maximum absolute atomic E-state index is 12.4.